The van der Waals surface area contributed by atoms with Crippen LogP contribution in [-0.4, -0.2) is 43.5 Å². The lowest BCUT2D eigenvalue weighted by atomic mass is 9.99. The summed E-state index contributed by atoms with van der Waals surface area (Å²) in [7, 11) is 0. The molecule has 0 unspecified atom stereocenters. The lowest BCUT2D eigenvalue weighted by molar-refractivity contribution is -0.126. The van der Waals surface area contributed by atoms with E-state index in [1.165, 1.54) is 17.2 Å². The van der Waals surface area contributed by atoms with Crippen molar-refractivity contribution in [2.24, 2.45) is 0 Å². The highest BCUT2D eigenvalue weighted by Crippen LogP contribution is 2.33. The first-order valence-corrected chi connectivity index (χ1v) is 12.1. The highest BCUT2D eigenvalue weighted by Gasteiger charge is 2.35. The average molecular weight is 490 g/mol. The second kappa shape index (κ2) is 11.7. The molecule has 1 aromatic heterocycles. The van der Waals surface area contributed by atoms with Crippen molar-refractivity contribution in [2.45, 2.75) is 38.8 Å². The van der Waals surface area contributed by atoms with Crippen molar-refractivity contribution in [2.75, 3.05) is 24.6 Å². The van der Waals surface area contributed by atoms with Crippen LogP contribution in [0.25, 0.3) is 0 Å². The third-order valence-electron chi connectivity index (χ3n) is 6.24. The molecule has 36 heavy (non-hydrogen) atoms. The molecule has 2 aromatic carbocycles. The van der Waals surface area contributed by atoms with Crippen molar-refractivity contribution in [3.63, 3.8) is 0 Å². The number of aryl methyl sites for hydroxylation is 2. The zero-order valence-electron chi connectivity index (χ0n) is 20.5. The molecule has 8 nitrogen and oxygen atoms in total. The van der Waals surface area contributed by atoms with Crippen molar-refractivity contribution in [1.29, 1.82) is 0 Å². The molecule has 0 saturated carbocycles. The molecule has 2 N–H and O–H groups in total. The molecule has 0 spiro atoms. The Morgan fingerprint density at radius 1 is 0.972 bits per heavy atom. The molecule has 0 aliphatic carbocycles. The number of para-hydroxylation sites is 1. The van der Waals surface area contributed by atoms with Crippen LogP contribution in [0, 0.1) is 13.8 Å². The van der Waals surface area contributed by atoms with E-state index in [0.29, 0.717) is 24.4 Å². The summed E-state index contributed by atoms with van der Waals surface area (Å²) in [6, 6.07) is 17.1. The maximum Gasteiger partial charge on any atom is 0.287 e. The Bertz CT molecular complexity index is 1170. The zero-order chi connectivity index (χ0) is 25.5. The minimum absolute atomic E-state index is 0.0395. The molecule has 0 bridgehead atoms. The van der Waals surface area contributed by atoms with E-state index in [2.05, 4.69) is 10.6 Å². The summed E-state index contributed by atoms with van der Waals surface area (Å²) in [6.45, 7) is 4.54. The lowest BCUT2D eigenvalue weighted by Gasteiger charge is -2.34. The van der Waals surface area contributed by atoms with Crippen LogP contribution in [0.1, 0.15) is 46.1 Å². The predicted molar refractivity (Wildman–Crippen MR) is 136 cm³/mol. The van der Waals surface area contributed by atoms with Gasteiger partial charge in [-0.3, -0.25) is 19.3 Å². The van der Waals surface area contributed by atoms with Crippen LogP contribution in [0.15, 0.2) is 71.3 Å². The van der Waals surface area contributed by atoms with Crippen molar-refractivity contribution < 1.29 is 23.5 Å². The minimum atomic E-state index is -0.944. The highest BCUT2D eigenvalue weighted by molar-refractivity contribution is 6.05. The number of furan rings is 1. The van der Waals surface area contributed by atoms with Crippen LogP contribution in [0.2, 0.25) is 0 Å². The number of amides is 3. The molecule has 2 atom stereocenters. The zero-order valence-corrected chi connectivity index (χ0v) is 20.5. The van der Waals surface area contributed by atoms with Gasteiger partial charge in [0.15, 0.2) is 5.76 Å². The number of hydrogen-bond acceptors (Lipinski definition) is 5. The fraction of sp³-hybridized carbons (Fsp3) is 0.321. The summed E-state index contributed by atoms with van der Waals surface area (Å²) >= 11 is 0. The molecule has 3 amide bonds. The van der Waals surface area contributed by atoms with E-state index in [0.717, 1.165) is 24.0 Å². The molecule has 1 saturated heterocycles. The smallest absolute Gasteiger partial charge is 0.287 e. The van der Waals surface area contributed by atoms with Crippen molar-refractivity contribution in [3.05, 3.63) is 89.4 Å². The van der Waals surface area contributed by atoms with E-state index in [1.54, 1.807) is 6.07 Å². The Balaban J connectivity index is 1.68. The first kappa shape index (κ1) is 25.2. The van der Waals surface area contributed by atoms with E-state index in [9.17, 15) is 14.4 Å². The first-order valence-electron chi connectivity index (χ1n) is 12.1. The minimum Gasteiger partial charge on any atom is -0.459 e. The number of nitrogens with one attached hydrogen (secondary N) is 2. The number of rotatable bonds is 9. The summed E-state index contributed by atoms with van der Waals surface area (Å²) in [4.78, 5) is 41.4. The van der Waals surface area contributed by atoms with Gasteiger partial charge in [0.25, 0.3) is 5.91 Å². The highest BCUT2D eigenvalue weighted by atomic mass is 16.5. The Labute approximate surface area is 210 Å². The number of nitrogens with zero attached hydrogens (tertiary/aromatic N) is 1. The number of hydrogen-bond donors (Lipinski definition) is 2. The summed E-state index contributed by atoms with van der Waals surface area (Å²) in [5.74, 6) is -1.14. The molecule has 1 aliphatic heterocycles. The van der Waals surface area contributed by atoms with E-state index >= 15 is 0 Å². The lowest BCUT2D eigenvalue weighted by Crippen LogP contribution is -2.49. The second-order valence-corrected chi connectivity index (χ2v) is 8.86. The van der Waals surface area contributed by atoms with Crippen molar-refractivity contribution >= 4 is 23.4 Å². The Morgan fingerprint density at radius 3 is 2.36 bits per heavy atom. The summed E-state index contributed by atoms with van der Waals surface area (Å²) < 4.78 is 10.8. The number of ether oxygens (including phenoxy) is 1. The average Bonchev–Trinajstić information content (AvgIpc) is 3.60. The number of carbonyl (C=O) groups is 3. The van der Waals surface area contributed by atoms with Crippen LogP contribution in [0.4, 0.5) is 5.69 Å². The van der Waals surface area contributed by atoms with Crippen LogP contribution >= 0.6 is 0 Å². The molecule has 1 aliphatic rings. The quantitative estimate of drug-likeness (QED) is 0.477. The normalized spacial score (nSPS) is 15.8. The van der Waals surface area contributed by atoms with Gasteiger partial charge in [-0.25, -0.2) is 0 Å². The van der Waals surface area contributed by atoms with Gasteiger partial charge in [-0.2, -0.15) is 0 Å². The van der Waals surface area contributed by atoms with E-state index < -0.39 is 17.9 Å². The van der Waals surface area contributed by atoms with Gasteiger partial charge in [-0.1, -0.05) is 48.5 Å². The van der Waals surface area contributed by atoms with Gasteiger partial charge in [-0.05, 0) is 55.5 Å². The third kappa shape index (κ3) is 5.83. The monoisotopic (exact) mass is 489 g/mol. The molecular weight excluding hydrogens is 458 g/mol. The topological polar surface area (TPSA) is 101 Å². The summed E-state index contributed by atoms with van der Waals surface area (Å²) in [5, 5.41) is 5.61. The van der Waals surface area contributed by atoms with Gasteiger partial charge in [0, 0.05) is 13.2 Å². The van der Waals surface area contributed by atoms with Gasteiger partial charge in [0.2, 0.25) is 11.8 Å². The summed E-state index contributed by atoms with van der Waals surface area (Å²) in [6.07, 6.45) is 3.20. The van der Waals surface area contributed by atoms with Crippen molar-refractivity contribution in [1.82, 2.24) is 10.6 Å². The van der Waals surface area contributed by atoms with Crippen molar-refractivity contribution in [3.8, 4) is 0 Å². The molecule has 188 valence electrons. The van der Waals surface area contributed by atoms with Crippen LogP contribution in [0.5, 0.6) is 0 Å². The molecular formula is C28H31N3O5. The van der Waals surface area contributed by atoms with Crippen LogP contribution in [0.3, 0.4) is 0 Å². The number of carbonyl (C=O) groups excluding carboxylic acids is 3. The maximum atomic E-state index is 13.8. The largest absolute Gasteiger partial charge is 0.459 e. The first-order chi connectivity index (χ1) is 17.5. The second-order valence-electron chi connectivity index (χ2n) is 8.86. The fourth-order valence-electron chi connectivity index (χ4n) is 4.49. The van der Waals surface area contributed by atoms with Crippen LogP contribution < -0.4 is 15.5 Å². The maximum absolute atomic E-state index is 13.8. The van der Waals surface area contributed by atoms with Gasteiger partial charge in [-0.15, -0.1) is 0 Å². The molecule has 8 heteroatoms. The predicted octanol–water partition coefficient (Wildman–Crippen LogP) is 3.70. The molecule has 1 fully saturated rings. The molecule has 4 rings (SSSR count). The molecule has 3 aromatic rings. The van der Waals surface area contributed by atoms with Gasteiger partial charge < -0.3 is 19.8 Å². The standard InChI is InChI=1S/C28H31N3O5/c1-19-9-6-10-20(2)25(19)31(24(32)18-30-27(33)23-14-8-16-36-23)26(21-11-4-3-5-12-21)28(34)29-17-22-13-7-15-35-22/h3-6,8-12,14,16,22,26H,7,13,15,17-18H2,1-2H3,(H,29,34)(H,30,33)/t22-,26+/m1/s1. The molecule has 2 heterocycles. The van der Waals surface area contributed by atoms with E-state index in [-0.39, 0.29) is 24.3 Å². The Hall–Kier alpha value is -3.91. The van der Waals surface area contributed by atoms with Gasteiger partial charge in [0.1, 0.15) is 6.04 Å². The fourth-order valence-corrected chi connectivity index (χ4v) is 4.49. The molecule has 0 radical (unpaired) electrons. The van der Waals surface area contributed by atoms with E-state index in [1.807, 2.05) is 62.4 Å². The SMILES string of the molecule is Cc1cccc(C)c1N(C(=O)CNC(=O)c1ccco1)[C@H](C(=O)NC[C@H]1CCCO1)c1ccccc1. The number of benzene rings is 2. The Kier molecular flexibility index (Phi) is 8.17. The van der Waals surface area contributed by atoms with Gasteiger partial charge >= 0.3 is 0 Å². The van der Waals surface area contributed by atoms with Crippen LogP contribution in [-0.2, 0) is 14.3 Å². The number of anilines is 1. The summed E-state index contributed by atoms with van der Waals surface area (Å²) in [5.41, 5.74) is 2.98. The third-order valence-corrected chi connectivity index (χ3v) is 6.24. The van der Waals surface area contributed by atoms with Gasteiger partial charge in [0.05, 0.1) is 24.6 Å². The van der Waals surface area contributed by atoms with E-state index in [4.69, 9.17) is 9.15 Å². The Morgan fingerprint density at radius 2 is 1.72 bits per heavy atom.